The van der Waals surface area contributed by atoms with Gasteiger partial charge in [0.15, 0.2) is 5.78 Å². The summed E-state index contributed by atoms with van der Waals surface area (Å²) in [6, 6.07) is 23.2. The molecular weight excluding hydrogens is 580 g/mol. The van der Waals surface area contributed by atoms with Gasteiger partial charge in [0.1, 0.15) is 11.5 Å². The number of carbonyl (C=O) groups excluding carboxylic acids is 2. The van der Waals surface area contributed by atoms with Crippen LogP contribution in [0, 0.1) is 5.92 Å². The van der Waals surface area contributed by atoms with Crippen LogP contribution in [0.4, 0.5) is 0 Å². The molecule has 4 nitrogen and oxygen atoms in total. The third kappa shape index (κ3) is 12.1. The SMILES string of the molecule is CCCCCCCCCCC1CCC(c2ccc(-c3ccc(OC(=O)c4ccc(OC(C)CCCCCC)cc4)cc3)cc2)=CC1=O. The van der Waals surface area contributed by atoms with Gasteiger partial charge >= 0.3 is 5.97 Å². The van der Waals surface area contributed by atoms with Crippen LogP contribution < -0.4 is 9.47 Å². The second kappa shape index (κ2) is 19.9. The fraction of sp³-hybridized carbons (Fsp3) is 0.488. The van der Waals surface area contributed by atoms with E-state index in [1.807, 2.05) is 42.5 Å². The average Bonchev–Trinajstić information content (AvgIpc) is 3.09. The highest BCUT2D eigenvalue weighted by Gasteiger charge is 2.22. The van der Waals surface area contributed by atoms with E-state index >= 15 is 0 Å². The smallest absolute Gasteiger partial charge is 0.343 e. The van der Waals surface area contributed by atoms with Crippen LogP contribution in [0.3, 0.4) is 0 Å². The van der Waals surface area contributed by atoms with Gasteiger partial charge in [-0.1, -0.05) is 121 Å². The van der Waals surface area contributed by atoms with Crippen molar-refractivity contribution in [3.8, 4) is 22.6 Å². The Morgan fingerprint density at radius 3 is 1.83 bits per heavy atom. The third-order valence-electron chi connectivity index (χ3n) is 9.43. The third-order valence-corrected chi connectivity index (χ3v) is 9.43. The second-order valence-corrected chi connectivity index (χ2v) is 13.4. The number of esters is 1. The molecule has 2 unspecified atom stereocenters. The van der Waals surface area contributed by atoms with E-state index < -0.39 is 5.97 Å². The Labute approximate surface area is 284 Å². The van der Waals surface area contributed by atoms with Crippen LogP contribution in [0.1, 0.15) is 139 Å². The quantitative estimate of drug-likeness (QED) is 0.0703. The summed E-state index contributed by atoms with van der Waals surface area (Å²) in [6.45, 7) is 6.57. The van der Waals surface area contributed by atoms with E-state index in [2.05, 4.69) is 45.0 Å². The molecular formula is C43H56O4. The van der Waals surface area contributed by atoms with Crippen molar-refractivity contribution in [3.63, 3.8) is 0 Å². The van der Waals surface area contributed by atoms with Crippen molar-refractivity contribution in [1.29, 1.82) is 0 Å². The predicted octanol–water partition coefficient (Wildman–Crippen LogP) is 12.2. The first-order valence-electron chi connectivity index (χ1n) is 18.4. The lowest BCUT2D eigenvalue weighted by Gasteiger charge is -2.21. The standard InChI is InChI=1S/C43H56O4/c1-4-6-8-10-11-12-13-15-17-37-22-23-39(32-42(37)44)36-20-18-34(19-21-36)35-24-28-41(29-25-35)47-43(45)38-26-30-40(31-27-38)46-33(3)16-14-9-7-5-2/h18-21,24-33,37H,4-17,22-23H2,1-3H3. The molecule has 0 saturated heterocycles. The fourth-order valence-corrected chi connectivity index (χ4v) is 6.45. The van der Waals surface area contributed by atoms with Gasteiger partial charge in [0.25, 0.3) is 0 Å². The summed E-state index contributed by atoms with van der Waals surface area (Å²) in [6.07, 6.45) is 21.3. The van der Waals surface area contributed by atoms with Gasteiger partial charge in [-0.25, -0.2) is 4.79 Å². The zero-order valence-electron chi connectivity index (χ0n) is 29.1. The Balaban J connectivity index is 1.22. The van der Waals surface area contributed by atoms with Gasteiger partial charge in [-0.3, -0.25) is 4.79 Å². The molecule has 0 heterocycles. The Morgan fingerprint density at radius 2 is 1.21 bits per heavy atom. The van der Waals surface area contributed by atoms with Crippen molar-refractivity contribution in [2.24, 2.45) is 5.92 Å². The summed E-state index contributed by atoms with van der Waals surface area (Å²) in [7, 11) is 0. The number of unbranched alkanes of at least 4 members (excludes halogenated alkanes) is 10. The van der Waals surface area contributed by atoms with E-state index in [9.17, 15) is 9.59 Å². The van der Waals surface area contributed by atoms with E-state index in [4.69, 9.17) is 9.47 Å². The summed E-state index contributed by atoms with van der Waals surface area (Å²) >= 11 is 0. The maximum absolute atomic E-state index is 12.9. The number of allylic oxidation sites excluding steroid dienone is 2. The van der Waals surface area contributed by atoms with Crippen LogP contribution in [0.15, 0.2) is 78.9 Å². The lowest BCUT2D eigenvalue weighted by Crippen LogP contribution is -2.17. The highest BCUT2D eigenvalue weighted by molar-refractivity contribution is 6.00. The Morgan fingerprint density at radius 1 is 0.681 bits per heavy atom. The summed E-state index contributed by atoms with van der Waals surface area (Å²) < 4.78 is 11.7. The topological polar surface area (TPSA) is 52.6 Å². The fourth-order valence-electron chi connectivity index (χ4n) is 6.45. The molecule has 252 valence electrons. The molecule has 3 aromatic carbocycles. The summed E-state index contributed by atoms with van der Waals surface area (Å²) in [5.41, 5.74) is 4.88. The molecule has 0 bridgehead atoms. The van der Waals surface area contributed by atoms with E-state index in [1.54, 1.807) is 12.1 Å². The molecule has 2 atom stereocenters. The molecule has 0 aromatic heterocycles. The maximum Gasteiger partial charge on any atom is 0.343 e. The normalized spacial score (nSPS) is 15.3. The lowest BCUT2D eigenvalue weighted by atomic mass is 9.82. The van der Waals surface area contributed by atoms with Crippen LogP contribution in [-0.4, -0.2) is 17.9 Å². The Hall–Kier alpha value is -3.66. The number of carbonyl (C=O) groups is 2. The zero-order chi connectivity index (χ0) is 33.3. The van der Waals surface area contributed by atoms with Crippen molar-refractivity contribution in [3.05, 3.63) is 90.0 Å². The van der Waals surface area contributed by atoms with Gasteiger partial charge in [0.05, 0.1) is 11.7 Å². The average molecular weight is 637 g/mol. The van der Waals surface area contributed by atoms with E-state index in [-0.39, 0.29) is 12.0 Å². The Bertz CT molecular complexity index is 1390. The number of rotatable bonds is 20. The minimum atomic E-state index is -0.392. The van der Waals surface area contributed by atoms with E-state index in [0.717, 1.165) is 53.7 Å². The molecule has 4 rings (SSSR count). The van der Waals surface area contributed by atoms with Crippen molar-refractivity contribution in [2.45, 2.75) is 130 Å². The minimum Gasteiger partial charge on any atom is -0.491 e. The van der Waals surface area contributed by atoms with Gasteiger partial charge in [-0.05, 0) is 104 Å². The highest BCUT2D eigenvalue weighted by atomic mass is 16.5. The molecule has 4 heteroatoms. The lowest BCUT2D eigenvalue weighted by molar-refractivity contribution is -0.118. The Kier molecular flexibility index (Phi) is 15.3. The first-order valence-corrected chi connectivity index (χ1v) is 18.4. The first-order chi connectivity index (χ1) is 23.0. The largest absolute Gasteiger partial charge is 0.491 e. The highest BCUT2D eigenvalue weighted by Crippen LogP contribution is 2.32. The summed E-state index contributed by atoms with van der Waals surface area (Å²) in [5, 5.41) is 0. The molecule has 0 radical (unpaired) electrons. The molecule has 0 aliphatic heterocycles. The van der Waals surface area contributed by atoms with E-state index in [1.165, 1.54) is 77.0 Å². The van der Waals surface area contributed by atoms with Crippen molar-refractivity contribution in [2.75, 3.05) is 0 Å². The first kappa shape index (κ1) is 36.2. The van der Waals surface area contributed by atoms with Crippen LogP contribution >= 0.6 is 0 Å². The zero-order valence-corrected chi connectivity index (χ0v) is 29.1. The molecule has 47 heavy (non-hydrogen) atoms. The van der Waals surface area contributed by atoms with Crippen molar-refractivity contribution < 1.29 is 19.1 Å². The van der Waals surface area contributed by atoms with Crippen LogP contribution in [0.25, 0.3) is 16.7 Å². The molecule has 1 aliphatic rings. The molecule has 1 aliphatic carbocycles. The van der Waals surface area contributed by atoms with E-state index in [0.29, 0.717) is 17.1 Å². The van der Waals surface area contributed by atoms with Crippen LogP contribution in [0.5, 0.6) is 11.5 Å². The van der Waals surface area contributed by atoms with Crippen LogP contribution in [0.2, 0.25) is 0 Å². The monoisotopic (exact) mass is 636 g/mol. The van der Waals surface area contributed by atoms with Crippen LogP contribution in [-0.2, 0) is 4.79 Å². The van der Waals surface area contributed by atoms with Crippen molar-refractivity contribution >= 4 is 17.3 Å². The predicted molar refractivity (Wildman–Crippen MR) is 195 cm³/mol. The molecule has 3 aromatic rings. The number of benzene rings is 3. The number of hydrogen-bond donors (Lipinski definition) is 0. The molecule has 0 spiro atoms. The number of ketones is 1. The molecule has 0 amide bonds. The summed E-state index contributed by atoms with van der Waals surface area (Å²) in [4.78, 5) is 25.7. The van der Waals surface area contributed by atoms with Gasteiger partial charge in [-0.15, -0.1) is 0 Å². The molecule has 0 fully saturated rings. The summed E-state index contributed by atoms with van der Waals surface area (Å²) in [5.74, 6) is 1.37. The minimum absolute atomic E-state index is 0.148. The number of ether oxygens (including phenoxy) is 2. The van der Waals surface area contributed by atoms with Gasteiger partial charge < -0.3 is 9.47 Å². The van der Waals surface area contributed by atoms with Crippen molar-refractivity contribution in [1.82, 2.24) is 0 Å². The molecule has 0 N–H and O–H groups in total. The van der Waals surface area contributed by atoms with Gasteiger partial charge in [0.2, 0.25) is 0 Å². The second-order valence-electron chi connectivity index (χ2n) is 13.4. The molecule has 0 saturated carbocycles. The maximum atomic E-state index is 12.9. The number of hydrogen-bond acceptors (Lipinski definition) is 4. The van der Waals surface area contributed by atoms with Gasteiger partial charge in [-0.2, -0.15) is 0 Å². The van der Waals surface area contributed by atoms with Gasteiger partial charge in [0, 0.05) is 5.92 Å².